The molecule has 0 saturated carbocycles. The molecule has 0 atom stereocenters. The largest absolute Gasteiger partial charge is 0.493 e. The van der Waals surface area contributed by atoms with Crippen LogP contribution >= 0.6 is 0 Å². The maximum absolute atomic E-state index is 12.5. The minimum Gasteiger partial charge on any atom is -0.493 e. The highest BCUT2D eigenvalue weighted by Gasteiger charge is 2.26. The van der Waals surface area contributed by atoms with E-state index in [9.17, 15) is 14.4 Å². The quantitative estimate of drug-likeness (QED) is 0.595. The van der Waals surface area contributed by atoms with E-state index in [-0.39, 0.29) is 24.3 Å². The van der Waals surface area contributed by atoms with E-state index in [4.69, 9.17) is 19.6 Å². The molecule has 0 spiro atoms. The molecule has 0 aliphatic carbocycles. The number of nitrogens with two attached hydrogens (primary N) is 1. The Morgan fingerprint density at radius 1 is 1.12 bits per heavy atom. The van der Waals surface area contributed by atoms with E-state index in [1.54, 1.807) is 41.3 Å². The molecule has 1 fully saturated rings. The number of likely N-dealkylation sites (tertiary alicyclic amines) is 1. The second kappa shape index (κ2) is 9.13. The number of amides is 2. The number of rotatable bonds is 6. The van der Waals surface area contributed by atoms with Gasteiger partial charge in [-0.05, 0) is 42.7 Å². The molecule has 4 rings (SSSR count). The molecule has 0 bridgehead atoms. The summed E-state index contributed by atoms with van der Waals surface area (Å²) in [6, 6.07) is 14.1. The Kier molecular flexibility index (Phi) is 6.11. The van der Waals surface area contributed by atoms with Crippen molar-refractivity contribution in [3.05, 3.63) is 59.0 Å². The van der Waals surface area contributed by atoms with Gasteiger partial charge in [0.2, 0.25) is 5.91 Å². The number of nitrogens with zero attached hydrogens (tertiary/aromatic N) is 1. The van der Waals surface area contributed by atoms with E-state index in [1.807, 2.05) is 12.1 Å². The highest BCUT2D eigenvalue weighted by atomic mass is 16.5. The predicted octanol–water partition coefficient (Wildman–Crippen LogP) is 2.57. The van der Waals surface area contributed by atoms with Crippen molar-refractivity contribution in [2.45, 2.75) is 12.8 Å². The molecule has 1 saturated heterocycles. The van der Waals surface area contributed by atoms with Crippen molar-refractivity contribution in [3.8, 4) is 22.6 Å². The van der Waals surface area contributed by atoms with E-state index in [0.717, 1.165) is 5.39 Å². The topological polar surface area (TPSA) is 112 Å². The number of methoxy groups -OCH3 is 1. The van der Waals surface area contributed by atoms with Gasteiger partial charge in [0.25, 0.3) is 5.91 Å². The third-order valence-corrected chi connectivity index (χ3v) is 5.72. The molecule has 2 N–H and O–H groups in total. The van der Waals surface area contributed by atoms with Gasteiger partial charge in [-0.25, -0.2) is 4.79 Å². The van der Waals surface area contributed by atoms with Crippen LogP contribution < -0.4 is 20.8 Å². The van der Waals surface area contributed by atoms with Crippen LogP contribution in [0.15, 0.2) is 57.7 Å². The SMILES string of the molecule is COc1cccc2cc(-c3ccc(OCC(=O)N4CCC(C(N)=O)CC4)cc3)c(=O)oc12. The molecule has 1 aromatic heterocycles. The Bertz CT molecular complexity index is 1190. The lowest BCUT2D eigenvalue weighted by Gasteiger charge is -2.30. The van der Waals surface area contributed by atoms with E-state index in [1.165, 1.54) is 7.11 Å². The number of hydrogen-bond acceptors (Lipinski definition) is 6. The Labute approximate surface area is 184 Å². The molecule has 8 nitrogen and oxygen atoms in total. The maximum atomic E-state index is 12.5. The van der Waals surface area contributed by atoms with Crippen molar-refractivity contribution in [3.63, 3.8) is 0 Å². The number of fused-ring (bicyclic) bond motifs is 1. The molecule has 0 radical (unpaired) electrons. The summed E-state index contributed by atoms with van der Waals surface area (Å²) in [7, 11) is 1.52. The summed E-state index contributed by atoms with van der Waals surface area (Å²) in [5, 5.41) is 0.755. The summed E-state index contributed by atoms with van der Waals surface area (Å²) in [4.78, 5) is 37.8. The van der Waals surface area contributed by atoms with Crippen LogP contribution in [0.25, 0.3) is 22.1 Å². The molecule has 2 aromatic carbocycles. The van der Waals surface area contributed by atoms with Gasteiger partial charge in [0.1, 0.15) is 5.75 Å². The molecular formula is C24H24N2O6. The highest BCUT2D eigenvalue weighted by molar-refractivity contribution is 5.86. The van der Waals surface area contributed by atoms with Gasteiger partial charge in [-0.2, -0.15) is 0 Å². The minimum absolute atomic E-state index is 0.0987. The minimum atomic E-state index is -0.467. The molecule has 0 unspecified atom stereocenters. The van der Waals surface area contributed by atoms with Crippen molar-refractivity contribution >= 4 is 22.8 Å². The molecule has 32 heavy (non-hydrogen) atoms. The van der Waals surface area contributed by atoms with Crippen LogP contribution in [-0.4, -0.2) is 43.5 Å². The summed E-state index contributed by atoms with van der Waals surface area (Å²) in [5.74, 6) is 0.398. The number of carbonyl (C=O) groups is 2. The van der Waals surface area contributed by atoms with Crippen LogP contribution in [0.2, 0.25) is 0 Å². The van der Waals surface area contributed by atoms with Gasteiger partial charge in [-0.15, -0.1) is 0 Å². The van der Waals surface area contributed by atoms with Gasteiger partial charge in [0, 0.05) is 24.4 Å². The molecule has 8 heteroatoms. The fraction of sp³-hybridized carbons (Fsp3) is 0.292. The lowest BCUT2D eigenvalue weighted by Crippen LogP contribution is -2.43. The normalized spacial score (nSPS) is 14.3. The first-order chi connectivity index (χ1) is 15.5. The molecule has 3 aromatic rings. The zero-order valence-corrected chi connectivity index (χ0v) is 17.7. The fourth-order valence-electron chi connectivity index (χ4n) is 3.86. The Morgan fingerprint density at radius 3 is 2.50 bits per heavy atom. The van der Waals surface area contributed by atoms with Crippen molar-refractivity contribution in [2.24, 2.45) is 11.7 Å². The van der Waals surface area contributed by atoms with Crippen LogP contribution in [-0.2, 0) is 9.59 Å². The molecule has 1 aliphatic heterocycles. The van der Waals surface area contributed by atoms with Gasteiger partial charge in [-0.1, -0.05) is 24.3 Å². The first-order valence-corrected chi connectivity index (χ1v) is 10.4. The Morgan fingerprint density at radius 2 is 1.84 bits per heavy atom. The lowest BCUT2D eigenvalue weighted by molar-refractivity contribution is -0.136. The van der Waals surface area contributed by atoms with Gasteiger partial charge in [0.15, 0.2) is 17.9 Å². The fourth-order valence-corrected chi connectivity index (χ4v) is 3.86. The second-order valence-electron chi connectivity index (χ2n) is 7.70. The lowest BCUT2D eigenvalue weighted by atomic mass is 9.96. The third-order valence-electron chi connectivity index (χ3n) is 5.72. The monoisotopic (exact) mass is 436 g/mol. The summed E-state index contributed by atoms with van der Waals surface area (Å²) >= 11 is 0. The van der Waals surface area contributed by atoms with E-state index < -0.39 is 5.63 Å². The van der Waals surface area contributed by atoms with Crippen molar-refractivity contribution < 1.29 is 23.5 Å². The average molecular weight is 436 g/mol. The zero-order valence-electron chi connectivity index (χ0n) is 17.7. The first-order valence-electron chi connectivity index (χ1n) is 10.4. The summed E-state index contributed by atoms with van der Waals surface area (Å²) < 4.78 is 16.3. The van der Waals surface area contributed by atoms with Crippen LogP contribution in [0.4, 0.5) is 0 Å². The highest BCUT2D eigenvalue weighted by Crippen LogP contribution is 2.28. The van der Waals surface area contributed by atoms with E-state index in [0.29, 0.717) is 54.1 Å². The Hall–Kier alpha value is -3.81. The number of primary amides is 1. The van der Waals surface area contributed by atoms with Gasteiger partial charge in [0.05, 0.1) is 12.7 Å². The standard InChI is InChI=1S/C24H24N2O6/c1-30-20-4-2-3-17-13-19(24(29)32-22(17)20)15-5-7-18(8-6-15)31-14-21(27)26-11-9-16(10-12-26)23(25)28/h2-8,13,16H,9-12,14H2,1H3,(H2,25,28). The van der Waals surface area contributed by atoms with Crippen molar-refractivity contribution in [2.75, 3.05) is 26.8 Å². The number of piperidine rings is 1. The number of para-hydroxylation sites is 1. The number of carbonyl (C=O) groups excluding carboxylic acids is 2. The van der Waals surface area contributed by atoms with Crippen LogP contribution in [0.1, 0.15) is 12.8 Å². The summed E-state index contributed by atoms with van der Waals surface area (Å²) in [6.07, 6.45) is 1.16. The second-order valence-corrected chi connectivity index (χ2v) is 7.70. The average Bonchev–Trinajstić information content (AvgIpc) is 2.82. The van der Waals surface area contributed by atoms with E-state index in [2.05, 4.69) is 0 Å². The Balaban J connectivity index is 1.41. The van der Waals surface area contributed by atoms with Gasteiger partial charge >= 0.3 is 5.63 Å². The molecule has 2 heterocycles. The smallest absolute Gasteiger partial charge is 0.344 e. The van der Waals surface area contributed by atoms with Gasteiger partial charge < -0.3 is 24.5 Å². The van der Waals surface area contributed by atoms with Crippen LogP contribution in [0.3, 0.4) is 0 Å². The zero-order chi connectivity index (χ0) is 22.7. The molecular weight excluding hydrogens is 412 g/mol. The number of ether oxygens (including phenoxy) is 2. The van der Waals surface area contributed by atoms with Crippen molar-refractivity contribution in [1.82, 2.24) is 4.90 Å². The third kappa shape index (κ3) is 4.44. The number of benzene rings is 2. The predicted molar refractivity (Wildman–Crippen MR) is 118 cm³/mol. The number of hydrogen-bond donors (Lipinski definition) is 1. The van der Waals surface area contributed by atoms with E-state index >= 15 is 0 Å². The maximum Gasteiger partial charge on any atom is 0.344 e. The molecule has 1 aliphatic rings. The molecule has 166 valence electrons. The van der Waals surface area contributed by atoms with Crippen molar-refractivity contribution in [1.29, 1.82) is 0 Å². The van der Waals surface area contributed by atoms with Gasteiger partial charge in [-0.3, -0.25) is 9.59 Å². The van der Waals surface area contributed by atoms with Crippen LogP contribution in [0.5, 0.6) is 11.5 Å². The first kappa shape index (κ1) is 21.4. The summed E-state index contributed by atoms with van der Waals surface area (Å²) in [6.45, 7) is 0.896. The van der Waals surface area contributed by atoms with Crippen LogP contribution in [0, 0.1) is 5.92 Å². The molecule has 2 amide bonds. The summed E-state index contributed by atoms with van der Waals surface area (Å²) in [5.41, 5.74) is 6.36.